The van der Waals surface area contributed by atoms with Crippen molar-refractivity contribution in [3.05, 3.63) is 48.4 Å². The fourth-order valence-corrected chi connectivity index (χ4v) is 3.50. The molecule has 4 rings (SSSR count). The summed E-state index contributed by atoms with van der Waals surface area (Å²) < 4.78 is 12.6. The first-order valence-electron chi connectivity index (χ1n) is 8.59. The highest BCUT2D eigenvalue weighted by molar-refractivity contribution is 5.56. The van der Waals surface area contributed by atoms with Crippen molar-refractivity contribution in [1.82, 2.24) is 19.8 Å². The van der Waals surface area contributed by atoms with E-state index < -0.39 is 6.10 Å². The van der Waals surface area contributed by atoms with Crippen molar-refractivity contribution < 1.29 is 14.0 Å². The first kappa shape index (κ1) is 16.1. The lowest BCUT2D eigenvalue weighted by atomic mass is 10.1. The maximum absolute atomic E-state index is 10.3. The molecule has 0 bridgehead atoms. The molecule has 1 fully saturated rings. The van der Waals surface area contributed by atoms with Crippen molar-refractivity contribution in [3.8, 4) is 11.3 Å². The van der Waals surface area contributed by atoms with E-state index in [-0.39, 0.29) is 0 Å². The molecule has 0 aromatic carbocycles. The number of likely N-dealkylation sites (tertiary alicyclic amines) is 1. The molecule has 7 heteroatoms. The van der Waals surface area contributed by atoms with Crippen LogP contribution in [0.4, 0.5) is 0 Å². The molecule has 1 N–H and O–H groups in total. The van der Waals surface area contributed by atoms with Crippen molar-refractivity contribution in [3.63, 3.8) is 0 Å². The lowest BCUT2D eigenvalue weighted by molar-refractivity contribution is 0.0962. The van der Waals surface area contributed by atoms with Crippen LogP contribution in [0.15, 0.2) is 45.8 Å². The Bertz CT molecular complexity index is 808. The lowest BCUT2D eigenvalue weighted by Gasteiger charge is -2.24. The van der Waals surface area contributed by atoms with Crippen LogP contribution in [0.2, 0.25) is 0 Å². The summed E-state index contributed by atoms with van der Waals surface area (Å²) in [7, 11) is 1.88. The van der Waals surface area contributed by atoms with E-state index in [1.165, 1.54) is 0 Å². The molecule has 0 amide bonds. The number of nitrogens with zero attached hydrogens (tertiary/aromatic N) is 4. The Hall–Kier alpha value is -2.38. The molecule has 132 valence electrons. The van der Waals surface area contributed by atoms with Gasteiger partial charge in [0, 0.05) is 30.9 Å². The molecule has 0 radical (unpaired) electrons. The van der Waals surface area contributed by atoms with Gasteiger partial charge in [-0.3, -0.25) is 9.58 Å². The molecule has 1 saturated heterocycles. The molecule has 1 aliphatic rings. The van der Waals surface area contributed by atoms with Crippen LogP contribution in [0.5, 0.6) is 0 Å². The van der Waals surface area contributed by atoms with E-state index in [9.17, 15) is 5.11 Å². The van der Waals surface area contributed by atoms with Crippen molar-refractivity contribution in [2.75, 3.05) is 6.54 Å². The van der Waals surface area contributed by atoms with Gasteiger partial charge in [0.15, 0.2) is 5.76 Å². The van der Waals surface area contributed by atoms with Crippen molar-refractivity contribution in [1.29, 1.82) is 0 Å². The van der Waals surface area contributed by atoms with Crippen molar-refractivity contribution >= 4 is 0 Å². The number of hydrogen-bond acceptors (Lipinski definition) is 6. The predicted octanol–water partition coefficient (Wildman–Crippen LogP) is 2.76. The zero-order valence-corrected chi connectivity index (χ0v) is 14.2. The second-order valence-corrected chi connectivity index (χ2v) is 6.61. The van der Waals surface area contributed by atoms with Gasteiger partial charge in [0.1, 0.15) is 17.6 Å². The number of furan rings is 1. The Kier molecular flexibility index (Phi) is 4.42. The van der Waals surface area contributed by atoms with Crippen LogP contribution in [0, 0.1) is 0 Å². The molecule has 0 unspecified atom stereocenters. The third-order valence-corrected chi connectivity index (χ3v) is 4.78. The maximum Gasteiger partial charge on any atom is 0.151 e. The topological polar surface area (TPSA) is 80.5 Å². The minimum absolute atomic E-state index is 0.312. The number of aryl methyl sites for hydroxylation is 1. The standard InChI is InChI=1S/C18H22N4O3/c1-21-11-13(10-19-21)16-9-15(25-20-16)12-22-6-2-4-14(22)8-17(23)18-5-3-7-24-18/h3,5,7,9-11,14,17,23H,2,4,6,8,12H2,1H3/t14-,17-/m0/s1. The van der Waals surface area contributed by atoms with Gasteiger partial charge in [0.05, 0.1) is 19.0 Å². The van der Waals surface area contributed by atoms with Crippen molar-refractivity contribution in [2.45, 2.75) is 38.0 Å². The third-order valence-electron chi connectivity index (χ3n) is 4.78. The van der Waals surface area contributed by atoms with E-state index in [4.69, 9.17) is 8.94 Å². The van der Waals surface area contributed by atoms with E-state index in [0.29, 0.717) is 24.8 Å². The molecular weight excluding hydrogens is 320 g/mol. The normalized spacial score (nSPS) is 19.5. The summed E-state index contributed by atoms with van der Waals surface area (Å²) in [6, 6.07) is 5.90. The van der Waals surface area contributed by atoms with Gasteiger partial charge in [-0.1, -0.05) is 5.16 Å². The van der Waals surface area contributed by atoms with Gasteiger partial charge in [0.2, 0.25) is 0 Å². The summed E-state index contributed by atoms with van der Waals surface area (Å²) in [5.41, 5.74) is 1.75. The zero-order valence-electron chi connectivity index (χ0n) is 14.2. The zero-order chi connectivity index (χ0) is 17.2. The fourth-order valence-electron chi connectivity index (χ4n) is 3.50. The first-order valence-corrected chi connectivity index (χ1v) is 8.59. The highest BCUT2D eigenvalue weighted by atomic mass is 16.5. The lowest BCUT2D eigenvalue weighted by Crippen LogP contribution is -2.30. The van der Waals surface area contributed by atoms with Gasteiger partial charge in [0.25, 0.3) is 0 Å². The Morgan fingerprint density at radius 1 is 1.44 bits per heavy atom. The highest BCUT2D eigenvalue weighted by Crippen LogP contribution is 2.29. The molecule has 25 heavy (non-hydrogen) atoms. The quantitative estimate of drug-likeness (QED) is 0.742. The molecule has 0 saturated carbocycles. The van der Waals surface area contributed by atoms with Gasteiger partial charge in [-0.2, -0.15) is 5.10 Å². The average molecular weight is 342 g/mol. The molecule has 3 aromatic rings. The van der Waals surface area contributed by atoms with Gasteiger partial charge in [-0.15, -0.1) is 0 Å². The predicted molar refractivity (Wildman–Crippen MR) is 90.4 cm³/mol. The molecular formula is C18H22N4O3. The van der Waals surface area contributed by atoms with Crippen LogP contribution in [0.1, 0.15) is 36.9 Å². The third kappa shape index (κ3) is 3.52. The summed E-state index contributed by atoms with van der Waals surface area (Å²) in [5, 5.41) is 18.7. The number of rotatable bonds is 6. The molecule has 1 aliphatic heterocycles. The van der Waals surface area contributed by atoms with Crippen LogP contribution >= 0.6 is 0 Å². The maximum atomic E-state index is 10.3. The summed E-state index contributed by atoms with van der Waals surface area (Å²) in [6.45, 7) is 1.70. The smallest absolute Gasteiger partial charge is 0.151 e. The minimum atomic E-state index is -0.568. The minimum Gasteiger partial charge on any atom is -0.467 e. The Morgan fingerprint density at radius 3 is 3.12 bits per heavy atom. The van der Waals surface area contributed by atoms with Crippen LogP contribution in [-0.4, -0.2) is 37.5 Å². The number of aromatic nitrogens is 3. The number of aliphatic hydroxyl groups is 1. The van der Waals surface area contributed by atoms with Crippen LogP contribution in [0.25, 0.3) is 11.3 Å². The second kappa shape index (κ2) is 6.85. The number of aliphatic hydroxyl groups excluding tert-OH is 1. The summed E-state index contributed by atoms with van der Waals surface area (Å²) >= 11 is 0. The van der Waals surface area contributed by atoms with E-state index in [0.717, 1.165) is 36.4 Å². The van der Waals surface area contributed by atoms with E-state index in [2.05, 4.69) is 15.2 Å². The first-order chi connectivity index (χ1) is 12.2. The van der Waals surface area contributed by atoms with Gasteiger partial charge in [-0.25, -0.2) is 0 Å². The fraction of sp³-hybridized carbons (Fsp3) is 0.444. The average Bonchev–Trinajstić information content (AvgIpc) is 3.35. The van der Waals surface area contributed by atoms with Crippen LogP contribution < -0.4 is 0 Å². The van der Waals surface area contributed by atoms with Gasteiger partial charge < -0.3 is 14.0 Å². The molecule has 0 aliphatic carbocycles. The largest absolute Gasteiger partial charge is 0.467 e. The van der Waals surface area contributed by atoms with Gasteiger partial charge >= 0.3 is 0 Å². The second-order valence-electron chi connectivity index (χ2n) is 6.61. The van der Waals surface area contributed by atoms with E-state index in [1.807, 2.05) is 25.4 Å². The Morgan fingerprint density at radius 2 is 2.36 bits per heavy atom. The van der Waals surface area contributed by atoms with Crippen LogP contribution in [0.3, 0.4) is 0 Å². The van der Waals surface area contributed by atoms with E-state index in [1.54, 1.807) is 23.2 Å². The Labute approximate surface area is 145 Å². The summed E-state index contributed by atoms with van der Waals surface area (Å²) in [6.07, 6.45) is 7.58. The molecule has 7 nitrogen and oxygen atoms in total. The molecule has 0 spiro atoms. The molecule has 3 aromatic heterocycles. The van der Waals surface area contributed by atoms with E-state index >= 15 is 0 Å². The van der Waals surface area contributed by atoms with Crippen molar-refractivity contribution in [2.24, 2.45) is 7.05 Å². The highest BCUT2D eigenvalue weighted by Gasteiger charge is 2.29. The molecule has 2 atom stereocenters. The molecule has 4 heterocycles. The van der Waals surface area contributed by atoms with Gasteiger partial charge in [-0.05, 0) is 37.9 Å². The summed E-state index contributed by atoms with van der Waals surface area (Å²) in [4.78, 5) is 2.35. The Balaban J connectivity index is 1.40. The van der Waals surface area contributed by atoms with Crippen LogP contribution in [-0.2, 0) is 13.6 Å². The SMILES string of the molecule is Cn1cc(-c2cc(CN3CCC[C@H]3C[C@H](O)c3ccco3)on2)cn1. The summed E-state index contributed by atoms with van der Waals surface area (Å²) in [5.74, 6) is 1.46. The monoisotopic (exact) mass is 342 g/mol. The number of hydrogen-bond donors (Lipinski definition) is 1.